The molecule has 0 spiro atoms. The Morgan fingerprint density at radius 1 is 1.08 bits per heavy atom. The molecule has 2 heteroatoms. The van der Waals surface area contributed by atoms with E-state index in [0.717, 1.165) is 11.1 Å². The monoisotopic (exact) mass is 170 g/mol. The summed E-state index contributed by atoms with van der Waals surface area (Å²) in [5.41, 5.74) is 2.00. The second-order valence-corrected chi connectivity index (χ2v) is 3.10. The van der Waals surface area contributed by atoms with E-state index in [-0.39, 0.29) is 6.29 Å². The van der Waals surface area contributed by atoms with Gasteiger partial charge in [0, 0.05) is 0 Å². The molecule has 2 nitrogen and oxygen atoms in total. The van der Waals surface area contributed by atoms with Crippen molar-refractivity contribution >= 4 is 0 Å². The highest BCUT2D eigenvalue weighted by Crippen LogP contribution is 1.99. The zero-order valence-corrected chi connectivity index (χ0v) is 8.22. The van der Waals surface area contributed by atoms with E-state index in [4.69, 9.17) is 9.47 Å². The molecule has 0 heterocycles. The Hall–Kier alpha value is -0.600. The normalized spacial score (nSPS) is 10.3. The Labute approximate surface area is 74.9 Å². The SMILES string of the molecule is C=C(C)COC(C)OCC(=C)C. The molecule has 70 valence electrons. The van der Waals surface area contributed by atoms with E-state index in [1.807, 2.05) is 20.8 Å². The lowest BCUT2D eigenvalue weighted by molar-refractivity contribution is -0.117. The Morgan fingerprint density at radius 3 is 1.67 bits per heavy atom. The van der Waals surface area contributed by atoms with Gasteiger partial charge in [0.15, 0.2) is 6.29 Å². The Bertz CT molecular complexity index is 143. The molecule has 0 aliphatic carbocycles. The van der Waals surface area contributed by atoms with Crippen LogP contribution in [-0.4, -0.2) is 19.5 Å². The van der Waals surface area contributed by atoms with Crippen LogP contribution in [0.1, 0.15) is 20.8 Å². The van der Waals surface area contributed by atoms with E-state index in [2.05, 4.69) is 13.2 Å². The van der Waals surface area contributed by atoms with Crippen molar-refractivity contribution in [3.63, 3.8) is 0 Å². The van der Waals surface area contributed by atoms with Crippen molar-refractivity contribution in [3.8, 4) is 0 Å². The highest BCUT2D eigenvalue weighted by atomic mass is 16.7. The van der Waals surface area contributed by atoms with Crippen molar-refractivity contribution in [3.05, 3.63) is 24.3 Å². The first-order chi connectivity index (χ1) is 5.52. The molecule has 0 aliphatic heterocycles. The van der Waals surface area contributed by atoms with Crippen molar-refractivity contribution in [2.75, 3.05) is 13.2 Å². The van der Waals surface area contributed by atoms with Crippen LogP contribution >= 0.6 is 0 Å². The molecule has 0 radical (unpaired) electrons. The molecule has 0 unspecified atom stereocenters. The summed E-state index contributed by atoms with van der Waals surface area (Å²) in [4.78, 5) is 0. The van der Waals surface area contributed by atoms with Crippen LogP contribution in [0.4, 0.5) is 0 Å². The maximum atomic E-state index is 5.29. The molecular formula is C10H18O2. The lowest BCUT2D eigenvalue weighted by atomic mass is 10.4. The molecule has 0 atom stereocenters. The predicted octanol–water partition coefficient (Wildman–Crippen LogP) is 2.52. The Balaban J connectivity index is 3.39. The molecule has 0 saturated carbocycles. The minimum absolute atomic E-state index is 0.182. The van der Waals surface area contributed by atoms with Crippen LogP contribution in [-0.2, 0) is 9.47 Å². The summed E-state index contributed by atoms with van der Waals surface area (Å²) in [7, 11) is 0. The fourth-order valence-corrected chi connectivity index (χ4v) is 0.567. The van der Waals surface area contributed by atoms with Gasteiger partial charge in [-0.05, 0) is 20.8 Å². The Kier molecular flexibility index (Phi) is 5.68. The number of ether oxygens (including phenoxy) is 2. The third kappa shape index (κ3) is 7.51. The van der Waals surface area contributed by atoms with Crippen LogP contribution in [0, 0.1) is 0 Å². The summed E-state index contributed by atoms with van der Waals surface area (Å²) in [5, 5.41) is 0. The second kappa shape index (κ2) is 5.98. The van der Waals surface area contributed by atoms with E-state index >= 15 is 0 Å². The smallest absolute Gasteiger partial charge is 0.155 e. The number of hydrogen-bond acceptors (Lipinski definition) is 2. The molecule has 12 heavy (non-hydrogen) atoms. The summed E-state index contributed by atoms with van der Waals surface area (Å²) >= 11 is 0. The van der Waals surface area contributed by atoms with Crippen LogP contribution in [0.2, 0.25) is 0 Å². The third-order valence-corrected chi connectivity index (χ3v) is 1.13. The third-order valence-electron chi connectivity index (χ3n) is 1.13. The first-order valence-corrected chi connectivity index (χ1v) is 4.04. The molecule has 0 rings (SSSR count). The lowest BCUT2D eigenvalue weighted by Crippen LogP contribution is -2.15. The summed E-state index contributed by atoms with van der Waals surface area (Å²) in [6, 6.07) is 0. The van der Waals surface area contributed by atoms with E-state index in [9.17, 15) is 0 Å². The molecule has 0 amide bonds. The van der Waals surface area contributed by atoms with Crippen molar-refractivity contribution in [1.29, 1.82) is 0 Å². The van der Waals surface area contributed by atoms with Crippen molar-refractivity contribution in [2.45, 2.75) is 27.1 Å². The average Bonchev–Trinajstić information content (AvgIpc) is 1.96. The zero-order valence-electron chi connectivity index (χ0n) is 8.22. The first kappa shape index (κ1) is 11.4. The van der Waals surface area contributed by atoms with E-state index in [0.29, 0.717) is 13.2 Å². The molecule has 0 saturated heterocycles. The van der Waals surface area contributed by atoms with Gasteiger partial charge in [0.1, 0.15) is 0 Å². The minimum atomic E-state index is -0.182. The average molecular weight is 170 g/mol. The van der Waals surface area contributed by atoms with Gasteiger partial charge in [-0.15, -0.1) is 0 Å². The van der Waals surface area contributed by atoms with Crippen molar-refractivity contribution < 1.29 is 9.47 Å². The topological polar surface area (TPSA) is 18.5 Å². The maximum absolute atomic E-state index is 5.29. The largest absolute Gasteiger partial charge is 0.349 e. The molecule has 0 aliphatic rings. The molecule has 0 aromatic heterocycles. The van der Waals surface area contributed by atoms with E-state index in [1.165, 1.54) is 0 Å². The summed E-state index contributed by atoms with van der Waals surface area (Å²) in [6.45, 7) is 14.3. The van der Waals surface area contributed by atoms with E-state index < -0.39 is 0 Å². The summed E-state index contributed by atoms with van der Waals surface area (Å²) in [5.74, 6) is 0. The van der Waals surface area contributed by atoms with Crippen molar-refractivity contribution in [1.82, 2.24) is 0 Å². The standard InChI is InChI=1S/C10H18O2/c1-8(2)6-11-10(5)12-7-9(3)4/h10H,1,3,6-7H2,2,4-5H3. The zero-order chi connectivity index (χ0) is 9.56. The molecule has 0 fully saturated rings. The van der Waals surface area contributed by atoms with E-state index in [1.54, 1.807) is 0 Å². The van der Waals surface area contributed by atoms with Crippen LogP contribution in [0.3, 0.4) is 0 Å². The van der Waals surface area contributed by atoms with Gasteiger partial charge in [0.05, 0.1) is 13.2 Å². The van der Waals surface area contributed by atoms with Gasteiger partial charge in [-0.25, -0.2) is 0 Å². The van der Waals surface area contributed by atoms with Gasteiger partial charge in [-0.2, -0.15) is 0 Å². The first-order valence-electron chi connectivity index (χ1n) is 4.04. The second-order valence-electron chi connectivity index (χ2n) is 3.10. The van der Waals surface area contributed by atoms with Gasteiger partial charge in [0.2, 0.25) is 0 Å². The highest BCUT2D eigenvalue weighted by Gasteiger charge is 2.00. The van der Waals surface area contributed by atoms with Gasteiger partial charge in [-0.3, -0.25) is 0 Å². The van der Waals surface area contributed by atoms with Gasteiger partial charge >= 0.3 is 0 Å². The fraction of sp³-hybridized carbons (Fsp3) is 0.600. The van der Waals surface area contributed by atoms with Crippen LogP contribution in [0.5, 0.6) is 0 Å². The van der Waals surface area contributed by atoms with Crippen molar-refractivity contribution in [2.24, 2.45) is 0 Å². The van der Waals surface area contributed by atoms with Gasteiger partial charge in [0.25, 0.3) is 0 Å². The number of hydrogen-bond donors (Lipinski definition) is 0. The molecule has 0 aromatic rings. The maximum Gasteiger partial charge on any atom is 0.155 e. The van der Waals surface area contributed by atoms with Crippen LogP contribution in [0.15, 0.2) is 24.3 Å². The lowest BCUT2D eigenvalue weighted by Gasteiger charge is -2.13. The summed E-state index contributed by atoms with van der Waals surface area (Å²) < 4.78 is 10.6. The van der Waals surface area contributed by atoms with Gasteiger partial charge < -0.3 is 9.47 Å². The van der Waals surface area contributed by atoms with Crippen LogP contribution in [0.25, 0.3) is 0 Å². The fourth-order valence-electron chi connectivity index (χ4n) is 0.567. The summed E-state index contributed by atoms with van der Waals surface area (Å²) in [6.07, 6.45) is -0.182. The molecular weight excluding hydrogens is 152 g/mol. The highest BCUT2D eigenvalue weighted by molar-refractivity contribution is 4.88. The predicted molar refractivity (Wildman–Crippen MR) is 51.0 cm³/mol. The Morgan fingerprint density at radius 2 is 1.42 bits per heavy atom. The quantitative estimate of drug-likeness (QED) is 0.450. The minimum Gasteiger partial charge on any atom is -0.349 e. The molecule has 0 aromatic carbocycles. The van der Waals surface area contributed by atoms with Gasteiger partial charge in [-0.1, -0.05) is 24.3 Å². The molecule has 0 N–H and O–H groups in total. The van der Waals surface area contributed by atoms with Crippen LogP contribution < -0.4 is 0 Å². The molecule has 0 bridgehead atoms. The number of rotatable bonds is 6.